The lowest BCUT2D eigenvalue weighted by Gasteiger charge is -2.06. The van der Waals surface area contributed by atoms with Gasteiger partial charge in [0.1, 0.15) is 0 Å². The summed E-state index contributed by atoms with van der Waals surface area (Å²) < 4.78 is 1.56. The number of carbonyl (C=O) groups excluding carboxylic acids is 3. The summed E-state index contributed by atoms with van der Waals surface area (Å²) in [6, 6.07) is 22.2. The lowest BCUT2D eigenvalue weighted by molar-refractivity contribution is -0.120. The second-order valence-electron chi connectivity index (χ2n) is 6.97. The maximum atomic E-state index is 12.6. The maximum Gasteiger partial charge on any atom is 0.309 e. The molecule has 2 aromatic carbocycles. The number of aryl methyl sites for hydroxylation is 1. The van der Waals surface area contributed by atoms with E-state index in [4.69, 9.17) is 0 Å². The number of thiophene rings is 1. The summed E-state index contributed by atoms with van der Waals surface area (Å²) in [5, 5.41) is 6.83. The number of hydrogen-bond donors (Lipinski definition) is 3. The number of carbonyl (C=O) groups is 3. The molecule has 3 amide bonds. The van der Waals surface area contributed by atoms with Crippen molar-refractivity contribution in [1.29, 1.82) is 0 Å². The number of benzene rings is 2. The van der Waals surface area contributed by atoms with Crippen molar-refractivity contribution in [2.24, 2.45) is 0 Å². The van der Waals surface area contributed by atoms with Gasteiger partial charge < -0.3 is 5.32 Å². The van der Waals surface area contributed by atoms with Gasteiger partial charge in [0.05, 0.1) is 17.1 Å². The van der Waals surface area contributed by atoms with Crippen LogP contribution < -0.4 is 16.2 Å². The van der Waals surface area contributed by atoms with Crippen LogP contribution in [0.5, 0.6) is 0 Å². The predicted molar refractivity (Wildman–Crippen MR) is 124 cm³/mol. The molecule has 0 unspecified atom stereocenters. The van der Waals surface area contributed by atoms with Gasteiger partial charge in [-0.3, -0.25) is 25.2 Å². The number of para-hydroxylation sites is 1. The number of hydrogen-bond acceptors (Lipinski definition) is 6. The van der Waals surface area contributed by atoms with Gasteiger partial charge in [0.2, 0.25) is 5.82 Å². The number of amides is 3. The fourth-order valence-corrected chi connectivity index (χ4v) is 3.75. The first-order valence-corrected chi connectivity index (χ1v) is 10.8. The smallest absolute Gasteiger partial charge is 0.309 e. The molecular weight excluding hydrogens is 440 g/mol. The molecule has 10 heteroatoms. The van der Waals surface area contributed by atoms with E-state index in [-0.39, 0.29) is 18.3 Å². The minimum atomic E-state index is -0.685. The first-order chi connectivity index (χ1) is 16.0. The van der Waals surface area contributed by atoms with Crippen molar-refractivity contribution >= 4 is 29.1 Å². The predicted octanol–water partition coefficient (Wildman–Crippen LogP) is 2.50. The minimum Gasteiger partial charge on any atom is -0.342 e. The topological polar surface area (TPSA) is 118 Å². The Morgan fingerprint density at radius 1 is 0.879 bits per heavy atom. The van der Waals surface area contributed by atoms with Crippen LogP contribution in [0.1, 0.15) is 25.2 Å². The normalized spacial score (nSPS) is 10.5. The molecule has 0 aliphatic rings. The molecule has 0 bridgehead atoms. The van der Waals surface area contributed by atoms with E-state index in [1.807, 2.05) is 73.7 Å². The standard InChI is InChI=1S/C23H20N6O3S/c1-15-12-13-18(33-15)22(31)24-14-19(30)26-27-23(32)20-25-21(16-8-4-2-5-9-16)29(28-20)17-10-6-3-7-11-17/h2-13H,14H2,1H3,(H,24,31)(H,26,30)(H,27,32). The van der Waals surface area contributed by atoms with Crippen molar-refractivity contribution in [1.82, 2.24) is 30.9 Å². The van der Waals surface area contributed by atoms with Gasteiger partial charge in [0, 0.05) is 10.4 Å². The van der Waals surface area contributed by atoms with Gasteiger partial charge in [0.25, 0.3) is 11.8 Å². The Labute approximate surface area is 193 Å². The molecule has 0 aliphatic carbocycles. The molecule has 4 rings (SSSR count). The third-order valence-corrected chi connectivity index (χ3v) is 5.53. The molecule has 2 aromatic heterocycles. The van der Waals surface area contributed by atoms with Crippen molar-refractivity contribution in [2.45, 2.75) is 6.92 Å². The Hall–Kier alpha value is -4.31. The molecule has 0 atom stereocenters. The maximum absolute atomic E-state index is 12.6. The van der Waals surface area contributed by atoms with Crippen LogP contribution in [0.3, 0.4) is 0 Å². The van der Waals surface area contributed by atoms with Crippen molar-refractivity contribution in [3.8, 4) is 17.1 Å². The highest BCUT2D eigenvalue weighted by atomic mass is 32.1. The van der Waals surface area contributed by atoms with E-state index >= 15 is 0 Å². The van der Waals surface area contributed by atoms with Crippen LogP contribution in [0.4, 0.5) is 0 Å². The monoisotopic (exact) mass is 460 g/mol. The zero-order valence-corrected chi connectivity index (χ0v) is 18.4. The number of nitrogens with zero attached hydrogens (tertiary/aromatic N) is 3. The molecule has 4 aromatic rings. The van der Waals surface area contributed by atoms with Gasteiger partial charge in [-0.2, -0.15) is 0 Å². The Balaban J connectivity index is 1.42. The van der Waals surface area contributed by atoms with Gasteiger partial charge in [-0.25, -0.2) is 9.67 Å². The van der Waals surface area contributed by atoms with Gasteiger partial charge in [-0.1, -0.05) is 48.5 Å². The van der Waals surface area contributed by atoms with E-state index in [2.05, 4.69) is 26.3 Å². The molecule has 0 saturated carbocycles. The zero-order chi connectivity index (χ0) is 23.2. The summed E-state index contributed by atoms with van der Waals surface area (Å²) in [6.07, 6.45) is 0. The van der Waals surface area contributed by atoms with Crippen LogP contribution in [-0.2, 0) is 4.79 Å². The van der Waals surface area contributed by atoms with Crippen LogP contribution in [0, 0.1) is 6.92 Å². The Morgan fingerprint density at radius 3 is 2.24 bits per heavy atom. The van der Waals surface area contributed by atoms with Crippen LogP contribution in [0.2, 0.25) is 0 Å². The third kappa shape index (κ3) is 5.31. The van der Waals surface area contributed by atoms with Crippen LogP contribution >= 0.6 is 11.3 Å². The van der Waals surface area contributed by atoms with E-state index in [9.17, 15) is 14.4 Å². The molecular formula is C23H20N6O3S. The fraction of sp³-hybridized carbons (Fsp3) is 0.0870. The summed E-state index contributed by atoms with van der Waals surface area (Å²) in [6.45, 7) is 1.59. The van der Waals surface area contributed by atoms with Gasteiger partial charge in [0.15, 0.2) is 5.82 Å². The van der Waals surface area contributed by atoms with E-state index in [1.54, 1.807) is 10.7 Å². The second kappa shape index (κ2) is 9.88. The fourth-order valence-electron chi connectivity index (χ4n) is 2.96. The molecule has 3 N–H and O–H groups in total. The highest BCUT2D eigenvalue weighted by Gasteiger charge is 2.19. The number of aromatic nitrogens is 3. The summed E-state index contributed by atoms with van der Waals surface area (Å²) in [5.74, 6) is -1.26. The van der Waals surface area contributed by atoms with Crippen LogP contribution in [0.15, 0.2) is 72.8 Å². The van der Waals surface area contributed by atoms with Crippen molar-refractivity contribution in [3.63, 3.8) is 0 Å². The highest BCUT2D eigenvalue weighted by molar-refractivity contribution is 7.13. The van der Waals surface area contributed by atoms with Crippen molar-refractivity contribution < 1.29 is 14.4 Å². The molecule has 0 spiro atoms. The Morgan fingerprint density at radius 2 is 1.58 bits per heavy atom. The lowest BCUT2D eigenvalue weighted by atomic mass is 10.2. The molecule has 166 valence electrons. The SMILES string of the molecule is Cc1ccc(C(=O)NCC(=O)NNC(=O)c2nc(-c3ccccc3)n(-c3ccccc3)n2)s1. The average molecular weight is 461 g/mol. The van der Waals surface area contributed by atoms with E-state index < -0.39 is 11.8 Å². The summed E-state index contributed by atoms with van der Waals surface area (Å²) in [7, 11) is 0. The second-order valence-corrected chi connectivity index (χ2v) is 8.26. The minimum absolute atomic E-state index is 0.115. The van der Waals surface area contributed by atoms with E-state index in [0.29, 0.717) is 10.7 Å². The van der Waals surface area contributed by atoms with E-state index in [1.165, 1.54) is 11.3 Å². The van der Waals surface area contributed by atoms with Crippen molar-refractivity contribution in [2.75, 3.05) is 6.54 Å². The lowest BCUT2D eigenvalue weighted by Crippen LogP contribution is -2.46. The molecule has 0 saturated heterocycles. The van der Waals surface area contributed by atoms with Crippen LogP contribution in [-0.4, -0.2) is 39.0 Å². The van der Waals surface area contributed by atoms with Gasteiger partial charge in [-0.05, 0) is 31.2 Å². The first-order valence-electron chi connectivity index (χ1n) is 10.0. The molecule has 0 fully saturated rings. The highest BCUT2D eigenvalue weighted by Crippen LogP contribution is 2.21. The summed E-state index contributed by atoms with van der Waals surface area (Å²) >= 11 is 1.33. The first kappa shape index (κ1) is 21.9. The van der Waals surface area contributed by atoms with E-state index in [0.717, 1.165) is 16.1 Å². The summed E-state index contributed by atoms with van der Waals surface area (Å²) in [5.41, 5.74) is 6.06. The number of rotatable bonds is 6. The quantitative estimate of drug-likeness (QED) is 0.382. The van der Waals surface area contributed by atoms with Crippen molar-refractivity contribution in [3.05, 3.63) is 88.4 Å². The average Bonchev–Trinajstić information content (AvgIpc) is 3.49. The molecule has 2 heterocycles. The Kier molecular flexibility index (Phi) is 6.56. The third-order valence-electron chi connectivity index (χ3n) is 4.53. The number of hydrazine groups is 1. The largest absolute Gasteiger partial charge is 0.342 e. The zero-order valence-electron chi connectivity index (χ0n) is 17.6. The molecule has 33 heavy (non-hydrogen) atoms. The van der Waals surface area contributed by atoms with Gasteiger partial charge in [-0.15, -0.1) is 16.4 Å². The molecule has 0 radical (unpaired) electrons. The molecule has 0 aliphatic heterocycles. The van der Waals surface area contributed by atoms with Gasteiger partial charge >= 0.3 is 5.91 Å². The van der Waals surface area contributed by atoms with Crippen LogP contribution in [0.25, 0.3) is 17.1 Å². The number of nitrogens with one attached hydrogen (secondary N) is 3. The molecule has 9 nitrogen and oxygen atoms in total. The summed E-state index contributed by atoms with van der Waals surface area (Å²) in [4.78, 5) is 42.6. The Bertz CT molecular complexity index is 1230.